The molecule has 0 aromatic heterocycles. The number of hydrogen-bond acceptors (Lipinski definition) is 2. The number of alkyl halides is 1. The van der Waals surface area contributed by atoms with Gasteiger partial charge >= 0.3 is 0 Å². The second-order valence-electron chi connectivity index (χ2n) is 4.79. The first-order chi connectivity index (χ1) is 5.96. The summed E-state index contributed by atoms with van der Waals surface area (Å²) in [5, 5.41) is 0. The highest BCUT2D eigenvalue weighted by Gasteiger charge is 2.57. The Morgan fingerprint density at radius 1 is 1.38 bits per heavy atom. The van der Waals surface area contributed by atoms with Gasteiger partial charge in [-0.1, -0.05) is 22.9 Å². The van der Waals surface area contributed by atoms with Crippen molar-refractivity contribution in [2.24, 2.45) is 5.92 Å². The van der Waals surface area contributed by atoms with Crippen LogP contribution in [-0.2, 0) is 9.47 Å². The van der Waals surface area contributed by atoms with Crippen molar-refractivity contribution in [3.63, 3.8) is 0 Å². The van der Waals surface area contributed by atoms with E-state index in [1.54, 1.807) is 0 Å². The Hall–Kier alpha value is 0.400. The molecule has 3 heteroatoms. The highest BCUT2D eigenvalue weighted by molar-refractivity contribution is 9.09. The Bertz CT molecular complexity index is 217. The minimum absolute atomic E-state index is 0.0488. The molecule has 0 radical (unpaired) electrons. The first-order valence-electron chi connectivity index (χ1n) is 4.94. The number of ether oxygens (including phenoxy) is 2. The predicted molar refractivity (Wildman–Crippen MR) is 55.0 cm³/mol. The van der Waals surface area contributed by atoms with E-state index in [9.17, 15) is 0 Å². The molecule has 0 saturated carbocycles. The summed E-state index contributed by atoms with van der Waals surface area (Å²) in [7, 11) is 0. The molecular formula is C10H17BrO2. The largest absolute Gasteiger partial charge is 0.349 e. The van der Waals surface area contributed by atoms with E-state index >= 15 is 0 Å². The van der Waals surface area contributed by atoms with Crippen LogP contribution < -0.4 is 0 Å². The molecule has 2 saturated heterocycles. The summed E-state index contributed by atoms with van der Waals surface area (Å²) in [4.78, 5) is 0.340. The van der Waals surface area contributed by atoms with Gasteiger partial charge in [-0.3, -0.25) is 0 Å². The van der Waals surface area contributed by atoms with Crippen LogP contribution in [0.5, 0.6) is 0 Å². The average Bonchev–Trinajstić information content (AvgIpc) is 2.40. The molecule has 3 atom stereocenters. The molecule has 0 aromatic rings. The number of halogens is 1. The Balaban J connectivity index is 2.24. The van der Waals surface area contributed by atoms with Crippen LogP contribution in [0.15, 0.2) is 0 Å². The summed E-state index contributed by atoms with van der Waals surface area (Å²) in [5.41, 5.74) is -0.0488. The third kappa shape index (κ3) is 1.45. The summed E-state index contributed by atoms with van der Waals surface area (Å²) in [6.07, 6.45) is 2.13. The molecule has 2 aliphatic rings. The highest BCUT2D eigenvalue weighted by atomic mass is 79.9. The van der Waals surface area contributed by atoms with E-state index in [1.165, 1.54) is 0 Å². The van der Waals surface area contributed by atoms with Gasteiger partial charge < -0.3 is 9.47 Å². The monoisotopic (exact) mass is 248 g/mol. The molecular weight excluding hydrogens is 232 g/mol. The summed E-state index contributed by atoms with van der Waals surface area (Å²) in [6, 6.07) is 0. The average molecular weight is 249 g/mol. The van der Waals surface area contributed by atoms with Crippen molar-refractivity contribution < 1.29 is 9.47 Å². The van der Waals surface area contributed by atoms with Gasteiger partial charge in [0.2, 0.25) is 0 Å². The quantitative estimate of drug-likeness (QED) is 0.614. The van der Waals surface area contributed by atoms with Crippen LogP contribution in [0.25, 0.3) is 0 Å². The minimum Gasteiger partial charge on any atom is -0.349 e. The zero-order valence-corrected chi connectivity index (χ0v) is 10.1. The molecule has 76 valence electrons. The summed E-state index contributed by atoms with van der Waals surface area (Å²) in [5.74, 6) is 0.155. The lowest BCUT2D eigenvalue weighted by Crippen LogP contribution is -2.41. The van der Waals surface area contributed by atoms with Crippen molar-refractivity contribution in [1.82, 2.24) is 0 Å². The lowest BCUT2D eigenvalue weighted by atomic mass is 9.96. The van der Waals surface area contributed by atoms with Gasteiger partial charge in [-0.15, -0.1) is 0 Å². The summed E-state index contributed by atoms with van der Waals surface area (Å²) < 4.78 is 11.8. The Labute approximate surface area is 88.1 Å². The molecule has 2 aliphatic heterocycles. The molecule has 0 N–H and O–H groups in total. The van der Waals surface area contributed by atoms with Gasteiger partial charge in [0.25, 0.3) is 0 Å². The van der Waals surface area contributed by atoms with Crippen molar-refractivity contribution in [2.45, 2.75) is 49.8 Å². The highest BCUT2D eigenvalue weighted by Crippen LogP contribution is 2.50. The first kappa shape index (κ1) is 9.94. The molecule has 1 spiro atoms. The first-order valence-corrected chi connectivity index (χ1v) is 5.86. The van der Waals surface area contributed by atoms with Crippen molar-refractivity contribution in [3.05, 3.63) is 0 Å². The fourth-order valence-electron chi connectivity index (χ4n) is 2.38. The number of hydrogen-bond donors (Lipinski definition) is 0. The van der Waals surface area contributed by atoms with Crippen molar-refractivity contribution in [1.29, 1.82) is 0 Å². The van der Waals surface area contributed by atoms with E-state index in [2.05, 4.69) is 36.7 Å². The van der Waals surface area contributed by atoms with Crippen LogP contribution in [0.1, 0.15) is 33.6 Å². The molecule has 0 unspecified atom stereocenters. The van der Waals surface area contributed by atoms with Crippen molar-refractivity contribution in [2.75, 3.05) is 6.61 Å². The van der Waals surface area contributed by atoms with Crippen LogP contribution >= 0.6 is 15.9 Å². The van der Waals surface area contributed by atoms with E-state index < -0.39 is 0 Å². The van der Waals surface area contributed by atoms with Gasteiger partial charge in [0.15, 0.2) is 5.79 Å². The molecule has 0 aliphatic carbocycles. The maximum Gasteiger partial charge on any atom is 0.184 e. The molecule has 2 rings (SSSR count). The van der Waals surface area contributed by atoms with Gasteiger partial charge in [0, 0.05) is 5.92 Å². The Kier molecular flexibility index (Phi) is 2.25. The topological polar surface area (TPSA) is 18.5 Å². The molecule has 2 heterocycles. The van der Waals surface area contributed by atoms with Gasteiger partial charge in [-0.2, -0.15) is 0 Å². The van der Waals surface area contributed by atoms with Crippen molar-refractivity contribution >= 4 is 15.9 Å². The molecule has 0 bridgehead atoms. The van der Waals surface area contributed by atoms with Crippen LogP contribution in [0.4, 0.5) is 0 Å². The van der Waals surface area contributed by atoms with Crippen LogP contribution in [0.3, 0.4) is 0 Å². The van der Waals surface area contributed by atoms with Crippen LogP contribution in [0, 0.1) is 5.92 Å². The smallest absolute Gasteiger partial charge is 0.184 e. The standard InChI is InChI=1S/C10H17BrO2/c1-7-4-5-12-10(7)8(11)6-9(2,3)13-10/h7-8H,4-6H2,1-3H3/t7-,8+,10-/m1/s1. The fourth-order valence-corrected chi connectivity index (χ4v) is 3.84. The normalized spacial score (nSPS) is 48.9. The van der Waals surface area contributed by atoms with Crippen molar-refractivity contribution in [3.8, 4) is 0 Å². The third-order valence-electron chi connectivity index (χ3n) is 3.11. The zero-order valence-electron chi connectivity index (χ0n) is 8.47. The maximum absolute atomic E-state index is 6.05. The van der Waals surface area contributed by atoms with E-state index in [1.807, 2.05) is 0 Å². The van der Waals surface area contributed by atoms with Gasteiger partial charge in [-0.05, 0) is 26.7 Å². The van der Waals surface area contributed by atoms with E-state index in [-0.39, 0.29) is 11.4 Å². The van der Waals surface area contributed by atoms with Gasteiger partial charge in [-0.25, -0.2) is 0 Å². The minimum atomic E-state index is -0.344. The summed E-state index contributed by atoms with van der Waals surface area (Å²) in [6.45, 7) is 7.30. The predicted octanol–water partition coefficient (Wildman–Crippen LogP) is 2.70. The lowest BCUT2D eigenvalue weighted by Gasteiger charge is -2.32. The van der Waals surface area contributed by atoms with E-state index in [0.29, 0.717) is 10.7 Å². The molecule has 0 aromatic carbocycles. The van der Waals surface area contributed by atoms with E-state index in [0.717, 1.165) is 19.4 Å². The zero-order chi connectivity index (χ0) is 9.69. The van der Waals surface area contributed by atoms with Gasteiger partial charge in [0.1, 0.15) is 0 Å². The lowest BCUT2D eigenvalue weighted by molar-refractivity contribution is -0.233. The van der Waals surface area contributed by atoms with Crippen LogP contribution in [0.2, 0.25) is 0 Å². The Morgan fingerprint density at radius 2 is 2.08 bits per heavy atom. The third-order valence-corrected chi connectivity index (χ3v) is 4.07. The SMILES string of the molecule is C[C@@H]1CCO[C@@]12OC(C)(C)C[C@@H]2Br. The van der Waals surface area contributed by atoms with Gasteiger partial charge in [0.05, 0.1) is 17.0 Å². The van der Waals surface area contributed by atoms with E-state index in [4.69, 9.17) is 9.47 Å². The molecule has 2 fully saturated rings. The molecule has 13 heavy (non-hydrogen) atoms. The second-order valence-corrected chi connectivity index (χ2v) is 5.90. The fraction of sp³-hybridized carbons (Fsp3) is 1.00. The number of rotatable bonds is 0. The molecule has 0 amide bonds. The maximum atomic E-state index is 6.05. The molecule has 2 nitrogen and oxygen atoms in total. The van der Waals surface area contributed by atoms with Crippen LogP contribution in [-0.4, -0.2) is 22.8 Å². The second kappa shape index (κ2) is 2.94. The summed E-state index contributed by atoms with van der Waals surface area (Å²) >= 11 is 3.69. The Morgan fingerprint density at radius 3 is 2.46 bits per heavy atom.